The van der Waals surface area contributed by atoms with Crippen molar-refractivity contribution in [3.63, 3.8) is 0 Å². The van der Waals surface area contributed by atoms with Crippen molar-refractivity contribution in [3.05, 3.63) is 70.9 Å². The van der Waals surface area contributed by atoms with Crippen molar-refractivity contribution in [2.24, 2.45) is 15.1 Å². The maximum absolute atomic E-state index is 13.8. The van der Waals surface area contributed by atoms with Crippen LogP contribution in [0.15, 0.2) is 74.9 Å². The minimum absolute atomic E-state index is 0.111. The first-order valence-corrected chi connectivity index (χ1v) is 17.8. The van der Waals surface area contributed by atoms with Gasteiger partial charge in [0, 0.05) is 50.7 Å². The molecule has 10 nitrogen and oxygen atoms in total. The maximum atomic E-state index is 13.8. The summed E-state index contributed by atoms with van der Waals surface area (Å²) >= 11 is 0. The SMILES string of the molecule is CCCCC1=C(Cc2ccc(-c3ccccc3/C(=N/OC)NC=O)cc2)CC(=O)N(CCCCC(=NC)OC2CCCOCC2)C(CC)=N1. The van der Waals surface area contributed by atoms with Gasteiger partial charge in [0.15, 0.2) is 11.7 Å². The molecular weight excluding hydrogens is 618 g/mol. The van der Waals surface area contributed by atoms with Gasteiger partial charge in [0.05, 0.1) is 13.0 Å². The Bertz CT molecular complexity index is 1490. The molecule has 2 aromatic rings. The molecule has 2 heterocycles. The fourth-order valence-corrected chi connectivity index (χ4v) is 6.33. The van der Waals surface area contributed by atoms with Gasteiger partial charge in [0.1, 0.15) is 19.0 Å². The van der Waals surface area contributed by atoms with E-state index in [4.69, 9.17) is 19.3 Å². The Kier molecular flexibility index (Phi) is 15.5. The molecule has 0 spiro atoms. The van der Waals surface area contributed by atoms with Crippen LogP contribution in [0.1, 0.15) is 95.6 Å². The fraction of sp³-hybridized carbons (Fsp3) is 0.513. The molecule has 0 aromatic heterocycles. The zero-order chi connectivity index (χ0) is 34.8. The molecule has 0 radical (unpaired) electrons. The lowest BCUT2D eigenvalue weighted by Crippen LogP contribution is -2.36. The van der Waals surface area contributed by atoms with E-state index in [0.29, 0.717) is 38.1 Å². The average molecular weight is 672 g/mol. The molecule has 0 saturated carbocycles. The summed E-state index contributed by atoms with van der Waals surface area (Å²) in [4.78, 5) is 41.5. The Morgan fingerprint density at radius 1 is 1.08 bits per heavy atom. The van der Waals surface area contributed by atoms with Crippen molar-refractivity contribution >= 4 is 29.9 Å². The highest BCUT2D eigenvalue weighted by molar-refractivity contribution is 6.08. The van der Waals surface area contributed by atoms with Gasteiger partial charge in [-0.15, -0.1) is 0 Å². The molecule has 2 aliphatic heterocycles. The first-order chi connectivity index (χ1) is 24.0. The lowest BCUT2D eigenvalue weighted by atomic mass is 9.94. The molecule has 2 aromatic carbocycles. The lowest BCUT2D eigenvalue weighted by molar-refractivity contribution is -0.126. The summed E-state index contributed by atoms with van der Waals surface area (Å²) in [5, 5.41) is 6.63. The van der Waals surface area contributed by atoms with Gasteiger partial charge in [0.25, 0.3) is 0 Å². The van der Waals surface area contributed by atoms with Crippen LogP contribution in [-0.4, -0.2) is 74.8 Å². The van der Waals surface area contributed by atoms with E-state index in [1.54, 1.807) is 7.05 Å². The van der Waals surface area contributed by atoms with Crippen LogP contribution in [-0.2, 0) is 30.3 Å². The van der Waals surface area contributed by atoms with Gasteiger partial charge >= 0.3 is 0 Å². The van der Waals surface area contributed by atoms with Crippen LogP contribution in [0, 0.1) is 0 Å². The third-order valence-electron chi connectivity index (χ3n) is 8.95. The normalized spacial score (nSPS) is 17.7. The Morgan fingerprint density at radius 2 is 1.90 bits per heavy atom. The molecule has 2 aliphatic rings. The summed E-state index contributed by atoms with van der Waals surface area (Å²) in [7, 11) is 3.24. The Morgan fingerprint density at radius 3 is 2.63 bits per heavy atom. The van der Waals surface area contributed by atoms with E-state index in [-0.39, 0.29) is 12.0 Å². The molecule has 0 aliphatic carbocycles. The molecule has 1 unspecified atom stereocenters. The van der Waals surface area contributed by atoms with Crippen molar-refractivity contribution in [3.8, 4) is 11.1 Å². The second-order valence-electron chi connectivity index (χ2n) is 12.4. The molecule has 1 fully saturated rings. The third kappa shape index (κ3) is 11.1. The average Bonchev–Trinajstić information content (AvgIpc) is 3.46. The predicted octanol–water partition coefficient (Wildman–Crippen LogP) is 7.22. The van der Waals surface area contributed by atoms with Crippen molar-refractivity contribution in [1.29, 1.82) is 0 Å². The monoisotopic (exact) mass is 671 g/mol. The maximum Gasteiger partial charge on any atom is 0.232 e. The second-order valence-corrected chi connectivity index (χ2v) is 12.4. The van der Waals surface area contributed by atoms with Gasteiger partial charge in [-0.25, -0.2) is 4.99 Å². The third-order valence-corrected chi connectivity index (χ3v) is 8.95. The highest BCUT2D eigenvalue weighted by atomic mass is 16.6. The lowest BCUT2D eigenvalue weighted by Gasteiger charge is -2.23. The van der Waals surface area contributed by atoms with E-state index < -0.39 is 0 Å². The van der Waals surface area contributed by atoms with E-state index in [2.05, 4.69) is 53.6 Å². The molecule has 2 amide bonds. The summed E-state index contributed by atoms with van der Waals surface area (Å²) in [5.74, 6) is 2.10. The van der Waals surface area contributed by atoms with Crippen molar-refractivity contribution in [1.82, 2.24) is 10.2 Å². The first kappa shape index (κ1) is 37.5. The number of amidine groups is 2. The number of benzene rings is 2. The molecule has 49 heavy (non-hydrogen) atoms. The molecule has 1 saturated heterocycles. The van der Waals surface area contributed by atoms with Crippen molar-refractivity contribution in [2.45, 2.75) is 97.0 Å². The van der Waals surface area contributed by atoms with Gasteiger partial charge < -0.3 is 24.5 Å². The molecule has 0 bridgehead atoms. The summed E-state index contributed by atoms with van der Waals surface area (Å²) in [6.07, 6.45) is 10.8. The number of nitrogens with zero attached hydrogens (tertiary/aromatic N) is 4. The van der Waals surface area contributed by atoms with Gasteiger partial charge in [-0.3, -0.25) is 14.6 Å². The zero-order valence-electron chi connectivity index (χ0n) is 29.7. The molecule has 4 rings (SSSR count). The molecule has 1 atom stereocenters. The quantitative estimate of drug-likeness (QED) is 0.0666. The second kappa shape index (κ2) is 20.3. The summed E-state index contributed by atoms with van der Waals surface area (Å²) in [6, 6.07) is 16.1. The minimum Gasteiger partial charge on any atom is -0.478 e. The molecule has 10 heteroatoms. The predicted molar refractivity (Wildman–Crippen MR) is 196 cm³/mol. The number of allylic oxidation sites excluding steroid dienone is 1. The number of aliphatic imine (C=N–C) groups is 2. The number of carbonyl (C=O) groups excluding carboxylic acids is 2. The van der Waals surface area contributed by atoms with Gasteiger partial charge in [-0.05, 0) is 67.2 Å². The topological polar surface area (TPSA) is 114 Å². The Hall–Kier alpha value is -4.31. The van der Waals surface area contributed by atoms with Gasteiger partial charge in [-0.1, -0.05) is 74.0 Å². The minimum atomic E-state index is 0.111. The smallest absolute Gasteiger partial charge is 0.232 e. The van der Waals surface area contributed by atoms with Gasteiger partial charge in [0.2, 0.25) is 12.3 Å². The fourth-order valence-electron chi connectivity index (χ4n) is 6.33. The van der Waals surface area contributed by atoms with Crippen LogP contribution in [0.4, 0.5) is 0 Å². The van der Waals surface area contributed by atoms with Crippen molar-refractivity contribution < 1.29 is 23.9 Å². The zero-order valence-corrected chi connectivity index (χ0v) is 29.7. The van der Waals surface area contributed by atoms with Crippen LogP contribution >= 0.6 is 0 Å². The largest absolute Gasteiger partial charge is 0.478 e. The summed E-state index contributed by atoms with van der Waals surface area (Å²) < 4.78 is 11.8. The van der Waals surface area contributed by atoms with Crippen molar-refractivity contribution in [2.75, 3.05) is 33.9 Å². The number of hydrogen-bond acceptors (Lipinski definition) is 8. The number of carbonyl (C=O) groups is 2. The number of unbranched alkanes of at least 4 members (excludes halogenated alkanes) is 2. The number of amides is 2. The van der Waals surface area contributed by atoms with E-state index in [9.17, 15) is 9.59 Å². The molecule has 264 valence electrons. The highest BCUT2D eigenvalue weighted by Gasteiger charge is 2.25. The highest BCUT2D eigenvalue weighted by Crippen LogP contribution is 2.29. The Balaban J connectivity index is 1.45. The number of oxime groups is 1. The summed E-state index contributed by atoms with van der Waals surface area (Å²) in [6.45, 7) is 6.44. The van der Waals surface area contributed by atoms with Crippen LogP contribution < -0.4 is 5.32 Å². The molecule has 1 N–H and O–H groups in total. The van der Waals surface area contributed by atoms with Gasteiger partial charge in [-0.2, -0.15) is 0 Å². The summed E-state index contributed by atoms with van der Waals surface area (Å²) in [5.41, 5.74) is 5.91. The number of rotatable bonds is 16. The van der Waals surface area contributed by atoms with E-state index in [1.807, 2.05) is 29.2 Å². The van der Waals surface area contributed by atoms with Crippen LogP contribution in [0.5, 0.6) is 0 Å². The number of hydrogen-bond donors (Lipinski definition) is 1. The van der Waals surface area contributed by atoms with Crippen LogP contribution in [0.2, 0.25) is 0 Å². The first-order valence-electron chi connectivity index (χ1n) is 17.8. The van der Waals surface area contributed by atoms with Crippen LogP contribution in [0.3, 0.4) is 0 Å². The van der Waals surface area contributed by atoms with E-state index in [0.717, 1.165) is 116 Å². The van der Waals surface area contributed by atoms with E-state index in [1.165, 1.54) is 7.11 Å². The van der Waals surface area contributed by atoms with E-state index >= 15 is 0 Å². The Labute approximate surface area is 291 Å². The number of nitrogens with one attached hydrogen (secondary N) is 1. The standard InChI is InChI=1S/C39H53N5O5/c1-5-7-16-35-31(26-29-18-20-30(21-19-29)33-14-8-9-15-34(33)39(41-28-45)43-47-4)27-38(46)44(36(6-2)42-35)23-11-10-17-37(40-3)49-32-13-12-24-48-25-22-32/h8-9,14-15,18-21,28,32H,5-7,10-13,16-17,22-27H2,1-4H3,(H,41,43,45). The van der Waals surface area contributed by atoms with Crippen LogP contribution in [0.25, 0.3) is 11.1 Å². The molecular formula is C39H53N5O5. The number of ether oxygens (including phenoxy) is 2.